The Morgan fingerprint density at radius 2 is 1.40 bits per heavy atom. The first-order valence-electron chi connectivity index (χ1n) is 10.0. The second kappa shape index (κ2) is 6.13. The van der Waals surface area contributed by atoms with Gasteiger partial charge in [0.2, 0.25) is 11.8 Å². The minimum atomic E-state index is -0.913. The molecule has 3 aliphatic carbocycles. The number of anilines is 1. The summed E-state index contributed by atoms with van der Waals surface area (Å²) >= 11 is 3.41. The number of rotatable bonds is 2. The standard InChI is InChI=1S/C25H18BrNO3/c26-14-9-11-15(12-10-14)27-23(29)21-20-16-5-1-3-7-18(16)25(13-28,22(21)24(27)30)19-8-4-2-6-17(19)20/h1-12,20-22,28H,13H2/t20?,21-,22-,25?/m1/s1. The summed E-state index contributed by atoms with van der Waals surface area (Å²) in [6.45, 7) is -0.220. The van der Waals surface area contributed by atoms with Crippen molar-refractivity contribution in [3.8, 4) is 0 Å². The molecule has 1 heterocycles. The summed E-state index contributed by atoms with van der Waals surface area (Å²) in [7, 11) is 0. The van der Waals surface area contributed by atoms with E-state index in [4.69, 9.17) is 0 Å². The van der Waals surface area contributed by atoms with Gasteiger partial charge in [-0.2, -0.15) is 0 Å². The lowest BCUT2D eigenvalue weighted by Crippen LogP contribution is -2.55. The molecular weight excluding hydrogens is 442 g/mol. The van der Waals surface area contributed by atoms with Crippen molar-refractivity contribution in [3.05, 3.63) is 99.5 Å². The SMILES string of the molecule is O=C1[C@@H]2C3c4ccccc4C(CO)(c4ccccc43)[C@H]2C(=O)N1c1ccc(Br)cc1. The third-order valence-corrected chi connectivity index (χ3v) is 7.66. The van der Waals surface area contributed by atoms with Crippen molar-refractivity contribution in [2.24, 2.45) is 11.8 Å². The van der Waals surface area contributed by atoms with Crippen molar-refractivity contribution in [3.63, 3.8) is 0 Å². The Hall–Kier alpha value is -2.76. The lowest BCUT2D eigenvalue weighted by atomic mass is 9.47. The number of hydrogen-bond donors (Lipinski definition) is 1. The Kier molecular flexibility index (Phi) is 3.68. The van der Waals surface area contributed by atoms with E-state index >= 15 is 0 Å². The van der Waals surface area contributed by atoms with E-state index in [2.05, 4.69) is 15.9 Å². The third kappa shape index (κ3) is 1.99. The summed E-state index contributed by atoms with van der Waals surface area (Å²) in [5.41, 5.74) is 3.69. The smallest absolute Gasteiger partial charge is 0.239 e. The van der Waals surface area contributed by atoms with Crippen molar-refractivity contribution in [1.29, 1.82) is 0 Å². The summed E-state index contributed by atoms with van der Waals surface area (Å²) in [4.78, 5) is 28.8. The summed E-state index contributed by atoms with van der Waals surface area (Å²) in [6.07, 6.45) is 0. The molecule has 5 heteroatoms. The van der Waals surface area contributed by atoms with Gasteiger partial charge in [0, 0.05) is 10.4 Å². The number of hydrogen-bond acceptors (Lipinski definition) is 3. The van der Waals surface area contributed by atoms with Crippen LogP contribution in [-0.4, -0.2) is 23.5 Å². The molecule has 2 amide bonds. The van der Waals surface area contributed by atoms with Crippen molar-refractivity contribution < 1.29 is 14.7 Å². The molecule has 3 aromatic carbocycles. The molecule has 0 spiro atoms. The number of halogens is 1. The quantitative estimate of drug-likeness (QED) is 0.589. The van der Waals surface area contributed by atoms with Gasteiger partial charge >= 0.3 is 0 Å². The first-order chi connectivity index (χ1) is 14.6. The topological polar surface area (TPSA) is 57.6 Å². The summed E-state index contributed by atoms with van der Waals surface area (Å²) in [6, 6.07) is 23.1. The number of benzene rings is 3. The van der Waals surface area contributed by atoms with Crippen LogP contribution in [0.1, 0.15) is 28.2 Å². The van der Waals surface area contributed by atoms with Gasteiger partial charge in [-0.15, -0.1) is 0 Å². The van der Waals surface area contributed by atoms with Gasteiger partial charge in [0.25, 0.3) is 0 Å². The van der Waals surface area contributed by atoms with E-state index < -0.39 is 17.3 Å². The largest absolute Gasteiger partial charge is 0.395 e. The van der Waals surface area contributed by atoms with Crippen LogP contribution in [0, 0.1) is 11.8 Å². The zero-order valence-corrected chi connectivity index (χ0v) is 17.5. The molecule has 3 aromatic rings. The maximum Gasteiger partial charge on any atom is 0.239 e. The summed E-state index contributed by atoms with van der Waals surface area (Å²) in [5, 5.41) is 10.8. The highest BCUT2D eigenvalue weighted by Crippen LogP contribution is 2.64. The van der Waals surface area contributed by atoms with E-state index in [1.165, 1.54) is 4.90 Å². The Balaban J connectivity index is 1.63. The van der Waals surface area contributed by atoms with Crippen LogP contribution < -0.4 is 4.90 Å². The first kappa shape index (κ1) is 18.0. The fraction of sp³-hybridized carbons (Fsp3) is 0.200. The minimum Gasteiger partial charge on any atom is -0.395 e. The van der Waals surface area contributed by atoms with E-state index in [0.29, 0.717) is 5.69 Å². The van der Waals surface area contributed by atoms with Crippen LogP contribution in [0.25, 0.3) is 0 Å². The molecular formula is C25H18BrNO3. The molecule has 1 saturated heterocycles. The predicted molar refractivity (Wildman–Crippen MR) is 116 cm³/mol. The second-order valence-corrected chi connectivity index (χ2v) is 9.19. The highest BCUT2D eigenvalue weighted by Gasteiger charge is 2.68. The van der Waals surface area contributed by atoms with E-state index in [0.717, 1.165) is 26.7 Å². The molecule has 0 saturated carbocycles. The third-order valence-electron chi connectivity index (χ3n) is 7.13. The predicted octanol–water partition coefficient (Wildman–Crippen LogP) is 3.99. The molecule has 7 rings (SSSR count). The molecule has 0 radical (unpaired) electrons. The number of carbonyl (C=O) groups is 2. The molecule has 30 heavy (non-hydrogen) atoms. The summed E-state index contributed by atoms with van der Waals surface area (Å²) in [5.74, 6) is -1.73. The molecule has 0 unspecified atom stereocenters. The van der Waals surface area contributed by atoms with E-state index in [-0.39, 0.29) is 24.3 Å². The van der Waals surface area contributed by atoms with Gasteiger partial charge in [0.15, 0.2) is 0 Å². The molecule has 1 fully saturated rings. The molecule has 4 aliphatic rings. The molecule has 2 atom stereocenters. The fourth-order valence-corrected chi connectivity index (χ4v) is 6.31. The molecule has 0 aromatic heterocycles. The summed E-state index contributed by atoms with van der Waals surface area (Å²) < 4.78 is 0.884. The lowest BCUT2D eigenvalue weighted by Gasteiger charge is -2.53. The van der Waals surface area contributed by atoms with Crippen LogP contribution >= 0.6 is 15.9 Å². The van der Waals surface area contributed by atoms with Crippen LogP contribution in [0.2, 0.25) is 0 Å². The van der Waals surface area contributed by atoms with Crippen LogP contribution in [0.15, 0.2) is 77.3 Å². The van der Waals surface area contributed by atoms with Gasteiger partial charge in [0.05, 0.1) is 29.5 Å². The average Bonchev–Trinajstić information content (AvgIpc) is 3.05. The Morgan fingerprint density at radius 1 is 0.833 bits per heavy atom. The number of aliphatic hydroxyl groups is 1. The lowest BCUT2D eigenvalue weighted by molar-refractivity contribution is -0.124. The second-order valence-electron chi connectivity index (χ2n) is 8.27. The number of nitrogens with zero attached hydrogens (tertiary/aromatic N) is 1. The number of imide groups is 1. The highest BCUT2D eigenvalue weighted by atomic mass is 79.9. The van der Waals surface area contributed by atoms with Gasteiger partial charge in [0.1, 0.15) is 0 Å². The maximum atomic E-state index is 13.8. The zero-order valence-electron chi connectivity index (χ0n) is 16.0. The van der Waals surface area contributed by atoms with Crippen molar-refractivity contribution in [2.75, 3.05) is 11.5 Å². The van der Waals surface area contributed by atoms with Crippen LogP contribution in [-0.2, 0) is 15.0 Å². The first-order valence-corrected chi connectivity index (χ1v) is 10.8. The van der Waals surface area contributed by atoms with Crippen molar-refractivity contribution >= 4 is 33.4 Å². The van der Waals surface area contributed by atoms with Gasteiger partial charge < -0.3 is 5.11 Å². The Morgan fingerprint density at radius 3 is 1.97 bits per heavy atom. The van der Waals surface area contributed by atoms with Gasteiger partial charge in [-0.25, -0.2) is 4.90 Å². The van der Waals surface area contributed by atoms with E-state index in [9.17, 15) is 14.7 Å². The normalized spacial score (nSPS) is 28.3. The average molecular weight is 460 g/mol. The van der Waals surface area contributed by atoms with Gasteiger partial charge in [-0.05, 0) is 46.5 Å². The van der Waals surface area contributed by atoms with Crippen LogP contribution in [0.3, 0.4) is 0 Å². The molecule has 2 bridgehead atoms. The fourth-order valence-electron chi connectivity index (χ4n) is 6.04. The van der Waals surface area contributed by atoms with E-state index in [1.54, 1.807) is 12.1 Å². The number of amides is 2. The van der Waals surface area contributed by atoms with Crippen molar-refractivity contribution in [1.82, 2.24) is 0 Å². The number of carbonyl (C=O) groups excluding carboxylic acids is 2. The highest BCUT2D eigenvalue weighted by molar-refractivity contribution is 9.10. The van der Waals surface area contributed by atoms with Crippen LogP contribution in [0.5, 0.6) is 0 Å². The minimum absolute atomic E-state index is 0.181. The zero-order chi connectivity index (χ0) is 20.6. The Bertz CT molecular complexity index is 1170. The van der Waals surface area contributed by atoms with Crippen LogP contribution in [0.4, 0.5) is 5.69 Å². The molecule has 148 valence electrons. The molecule has 1 N–H and O–H groups in total. The molecule has 1 aliphatic heterocycles. The Labute approximate surface area is 182 Å². The molecule has 4 nitrogen and oxygen atoms in total. The van der Waals surface area contributed by atoms with Gasteiger partial charge in [-0.1, -0.05) is 64.5 Å². The van der Waals surface area contributed by atoms with Crippen molar-refractivity contribution in [2.45, 2.75) is 11.3 Å². The maximum absolute atomic E-state index is 13.8. The number of aliphatic hydroxyl groups excluding tert-OH is 1. The van der Waals surface area contributed by atoms with Gasteiger partial charge in [-0.3, -0.25) is 9.59 Å². The van der Waals surface area contributed by atoms with E-state index in [1.807, 2.05) is 60.7 Å². The monoisotopic (exact) mass is 459 g/mol.